The van der Waals surface area contributed by atoms with Crippen molar-refractivity contribution in [2.24, 2.45) is 5.92 Å². The van der Waals surface area contributed by atoms with Gasteiger partial charge < -0.3 is 5.11 Å². The Morgan fingerprint density at radius 1 is 0.952 bits per heavy atom. The van der Waals surface area contributed by atoms with Gasteiger partial charge in [0.15, 0.2) is 0 Å². The summed E-state index contributed by atoms with van der Waals surface area (Å²) < 4.78 is 39.2. The van der Waals surface area contributed by atoms with Crippen molar-refractivity contribution in [3.05, 3.63) is 71.0 Å². The number of benzene rings is 2. The summed E-state index contributed by atoms with van der Waals surface area (Å²) in [7, 11) is 0. The van der Waals surface area contributed by atoms with Crippen LogP contribution in [0.2, 0.25) is 0 Å². The van der Waals surface area contributed by atoms with Gasteiger partial charge in [-0.1, -0.05) is 18.2 Å². The van der Waals surface area contributed by atoms with Gasteiger partial charge >= 0.3 is 5.97 Å². The number of halogens is 3. The lowest BCUT2D eigenvalue weighted by molar-refractivity contribution is -0.141. The summed E-state index contributed by atoms with van der Waals surface area (Å²) in [5, 5.41) is 9.23. The first-order valence-corrected chi connectivity index (χ1v) is 6.37. The summed E-state index contributed by atoms with van der Waals surface area (Å²) in [4.78, 5) is 11.3. The van der Waals surface area contributed by atoms with E-state index in [4.69, 9.17) is 0 Å². The van der Waals surface area contributed by atoms with Crippen molar-refractivity contribution in [2.75, 3.05) is 0 Å². The summed E-state index contributed by atoms with van der Waals surface area (Å²) in [5.74, 6) is -3.82. The monoisotopic (exact) mass is 294 g/mol. The van der Waals surface area contributed by atoms with Gasteiger partial charge in [-0.05, 0) is 42.2 Å². The normalized spacial score (nSPS) is 12.1. The second-order valence-corrected chi connectivity index (χ2v) is 4.81. The van der Waals surface area contributed by atoms with E-state index >= 15 is 0 Å². The topological polar surface area (TPSA) is 37.3 Å². The Bertz CT molecular complexity index is 638. The second-order valence-electron chi connectivity index (χ2n) is 4.81. The Balaban J connectivity index is 2.15. The number of rotatable bonds is 5. The Kier molecular flexibility index (Phi) is 4.62. The quantitative estimate of drug-likeness (QED) is 0.915. The van der Waals surface area contributed by atoms with Crippen LogP contribution in [-0.2, 0) is 17.6 Å². The number of carbonyl (C=O) groups is 1. The van der Waals surface area contributed by atoms with Crippen LogP contribution in [0.4, 0.5) is 13.2 Å². The van der Waals surface area contributed by atoms with Crippen LogP contribution in [0.25, 0.3) is 0 Å². The zero-order valence-electron chi connectivity index (χ0n) is 11.0. The first-order valence-electron chi connectivity index (χ1n) is 6.37. The summed E-state index contributed by atoms with van der Waals surface area (Å²) >= 11 is 0. The van der Waals surface area contributed by atoms with Crippen molar-refractivity contribution in [1.82, 2.24) is 0 Å². The molecule has 0 aliphatic heterocycles. The van der Waals surface area contributed by atoms with E-state index in [-0.39, 0.29) is 18.4 Å². The zero-order chi connectivity index (χ0) is 15.4. The average Bonchev–Trinajstić information content (AvgIpc) is 2.43. The number of hydrogen-bond donors (Lipinski definition) is 1. The fraction of sp³-hybridized carbons (Fsp3) is 0.188. The molecular formula is C16H13F3O2. The third-order valence-electron chi connectivity index (χ3n) is 3.23. The highest BCUT2D eigenvalue weighted by Crippen LogP contribution is 2.18. The van der Waals surface area contributed by atoms with Crippen molar-refractivity contribution >= 4 is 5.97 Å². The molecule has 0 saturated heterocycles. The summed E-state index contributed by atoms with van der Waals surface area (Å²) in [5.41, 5.74) is 0.789. The van der Waals surface area contributed by atoms with Crippen molar-refractivity contribution in [1.29, 1.82) is 0 Å². The minimum atomic E-state index is -1.08. The molecule has 1 N–H and O–H groups in total. The van der Waals surface area contributed by atoms with Gasteiger partial charge in [-0.15, -0.1) is 0 Å². The molecule has 0 saturated carbocycles. The lowest BCUT2D eigenvalue weighted by Gasteiger charge is -2.13. The zero-order valence-corrected chi connectivity index (χ0v) is 11.0. The van der Waals surface area contributed by atoms with Gasteiger partial charge in [0.05, 0.1) is 5.92 Å². The lowest BCUT2D eigenvalue weighted by atomic mass is 9.92. The van der Waals surface area contributed by atoms with Crippen LogP contribution in [0.15, 0.2) is 42.5 Å². The van der Waals surface area contributed by atoms with Crippen LogP contribution >= 0.6 is 0 Å². The van der Waals surface area contributed by atoms with Gasteiger partial charge in [0.25, 0.3) is 0 Å². The molecular weight excluding hydrogens is 281 g/mol. The predicted octanol–water partition coefficient (Wildman–Crippen LogP) is 3.59. The Labute approximate surface area is 119 Å². The average molecular weight is 294 g/mol. The molecule has 0 amide bonds. The highest BCUT2D eigenvalue weighted by Gasteiger charge is 2.20. The van der Waals surface area contributed by atoms with Gasteiger partial charge in [0.1, 0.15) is 17.5 Å². The molecule has 2 nitrogen and oxygen atoms in total. The van der Waals surface area contributed by atoms with Crippen molar-refractivity contribution in [2.45, 2.75) is 12.8 Å². The molecule has 1 atom stereocenters. The van der Waals surface area contributed by atoms with Gasteiger partial charge in [-0.3, -0.25) is 4.79 Å². The standard InChI is InChI=1S/C16H13F3O2/c17-13-4-1-10(2-5-13)7-12(16(20)21)8-11-3-6-14(18)9-15(11)19/h1-6,9,12H,7-8H2,(H,20,21). The van der Waals surface area contributed by atoms with E-state index < -0.39 is 29.3 Å². The van der Waals surface area contributed by atoms with Crippen LogP contribution < -0.4 is 0 Å². The van der Waals surface area contributed by atoms with E-state index in [0.717, 1.165) is 12.1 Å². The van der Waals surface area contributed by atoms with Crippen molar-refractivity contribution in [3.8, 4) is 0 Å². The van der Waals surface area contributed by atoms with E-state index in [1.54, 1.807) is 0 Å². The molecule has 2 rings (SSSR count). The summed E-state index contributed by atoms with van der Waals surface area (Å²) in [6.45, 7) is 0. The molecule has 0 heterocycles. The van der Waals surface area contributed by atoms with Crippen LogP contribution in [0.5, 0.6) is 0 Å². The minimum absolute atomic E-state index is 0.0567. The van der Waals surface area contributed by atoms with E-state index in [9.17, 15) is 23.1 Å². The molecule has 0 fully saturated rings. The van der Waals surface area contributed by atoms with Crippen molar-refractivity contribution in [3.63, 3.8) is 0 Å². The van der Waals surface area contributed by atoms with Gasteiger partial charge in [-0.25, -0.2) is 13.2 Å². The Morgan fingerprint density at radius 3 is 2.14 bits per heavy atom. The molecule has 21 heavy (non-hydrogen) atoms. The Morgan fingerprint density at radius 2 is 1.57 bits per heavy atom. The minimum Gasteiger partial charge on any atom is -0.481 e. The smallest absolute Gasteiger partial charge is 0.307 e. The van der Waals surface area contributed by atoms with Gasteiger partial charge in [0.2, 0.25) is 0 Å². The molecule has 5 heteroatoms. The molecule has 0 bridgehead atoms. The largest absolute Gasteiger partial charge is 0.481 e. The molecule has 2 aromatic rings. The molecule has 0 aliphatic rings. The molecule has 2 aromatic carbocycles. The van der Waals surface area contributed by atoms with Crippen LogP contribution in [0.3, 0.4) is 0 Å². The van der Waals surface area contributed by atoms with Crippen LogP contribution in [0.1, 0.15) is 11.1 Å². The predicted molar refractivity (Wildman–Crippen MR) is 71.3 cm³/mol. The highest BCUT2D eigenvalue weighted by atomic mass is 19.1. The first kappa shape index (κ1) is 15.1. The Hall–Kier alpha value is -2.30. The molecule has 0 radical (unpaired) electrons. The molecule has 0 aromatic heterocycles. The third kappa shape index (κ3) is 4.08. The number of aliphatic carboxylic acids is 1. The van der Waals surface area contributed by atoms with E-state index in [2.05, 4.69) is 0 Å². The van der Waals surface area contributed by atoms with Crippen LogP contribution in [0, 0.1) is 23.4 Å². The number of carboxylic acid groups (broad SMARTS) is 1. The van der Waals surface area contributed by atoms with Crippen LogP contribution in [-0.4, -0.2) is 11.1 Å². The maximum absolute atomic E-state index is 13.6. The highest BCUT2D eigenvalue weighted by molar-refractivity contribution is 5.70. The van der Waals surface area contributed by atoms with E-state index in [1.807, 2.05) is 0 Å². The SMILES string of the molecule is O=C(O)C(Cc1ccc(F)cc1)Cc1ccc(F)cc1F. The lowest BCUT2D eigenvalue weighted by Crippen LogP contribution is -2.19. The number of carboxylic acids is 1. The number of hydrogen-bond acceptors (Lipinski definition) is 1. The van der Waals surface area contributed by atoms with E-state index in [0.29, 0.717) is 5.56 Å². The van der Waals surface area contributed by atoms with Gasteiger partial charge in [0, 0.05) is 6.07 Å². The second kappa shape index (κ2) is 6.43. The summed E-state index contributed by atoms with van der Waals surface area (Å²) in [6.07, 6.45) is 0.0885. The maximum Gasteiger partial charge on any atom is 0.307 e. The van der Waals surface area contributed by atoms with E-state index in [1.165, 1.54) is 30.3 Å². The van der Waals surface area contributed by atoms with Gasteiger partial charge in [-0.2, -0.15) is 0 Å². The fourth-order valence-corrected chi connectivity index (χ4v) is 2.10. The molecule has 0 aliphatic carbocycles. The van der Waals surface area contributed by atoms with Crippen molar-refractivity contribution < 1.29 is 23.1 Å². The molecule has 110 valence electrons. The first-order chi connectivity index (χ1) is 9.95. The molecule has 1 unspecified atom stereocenters. The summed E-state index contributed by atoms with van der Waals surface area (Å²) in [6, 6.07) is 8.53. The maximum atomic E-state index is 13.6. The molecule has 0 spiro atoms. The third-order valence-corrected chi connectivity index (χ3v) is 3.23. The fourth-order valence-electron chi connectivity index (χ4n) is 2.10.